The first-order valence-corrected chi connectivity index (χ1v) is 9.42. The van der Waals surface area contributed by atoms with E-state index in [9.17, 15) is 5.11 Å². The molecule has 0 bridgehead atoms. The maximum atomic E-state index is 11.3. The van der Waals surface area contributed by atoms with Gasteiger partial charge in [0, 0.05) is 0 Å². The molecule has 1 heterocycles. The van der Waals surface area contributed by atoms with Gasteiger partial charge in [0.25, 0.3) is 0 Å². The molecule has 5 nitrogen and oxygen atoms in total. The van der Waals surface area contributed by atoms with E-state index in [1.165, 1.54) is 0 Å². The summed E-state index contributed by atoms with van der Waals surface area (Å²) in [6.45, 7) is 3.92. The maximum absolute atomic E-state index is 11.3. The van der Waals surface area contributed by atoms with Crippen LogP contribution in [0.25, 0.3) is 0 Å². The quantitative estimate of drug-likeness (QED) is 0.620. The van der Waals surface area contributed by atoms with Crippen LogP contribution in [0.3, 0.4) is 0 Å². The molecule has 3 aromatic rings. The molecule has 0 aliphatic rings. The summed E-state index contributed by atoms with van der Waals surface area (Å²) in [4.78, 5) is 0. The van der Waals surface area contributed by atoms with Crippen molar-refractivity contribution in [3.05, 3.63) is 75.5 Å². The molecule has 0 spiro atoms. The van der Waals surface area contributed by atoms with Crippen LogP contribution in [-0.4, -0.2) is 29.1 Å². The third-order valence-electron chi connectivity index (χ3n) is 4.67. The van der Waals surface area contributed by atoms with Crippen LogP contribution in [0.5, 0.6) is 11.5 Å². The van der Waals surface area contributed by atoms with Gasteiger partial charge in [0.2, 0.25) is 0 Å². The molecular weight excluding hydrogens is 408 g/mol. The summed E-state index contributed by atoms with van der Waals surface area (Å²) in [5, 5.41) is 16.0. The fourth-order valence-corrected chi connectivity index (χ4v) is 3.47. The minimum Gasteiger partial charge on any atom is -0.497 e. The molecule has 2 aromatic carbocycles. The van der Waals surface area contributed by atoms with Crippen molar-refractivity contribution in [2.75, 3.05) is 14.2 Å². The molecule has 2 atom stereocenters. The van der Waals surface area contributed by atoms with Crippen molar-refractivity contribution in [1.82, 2.24) is 9.78 Å². The van der Waals surface area contributed by atoms with Crippen molar-refractivity contribution in [3.8, 4) is 11.5 Å². The Morgan fingerprint density at radius 1 is 0.963 bits per heavy atom. The Balaban J connectivity index is 2.15. The molecule has 0 aliphatic carbocycles. The lowest BCUT2D eigenvalue weighted by molar-refractivity contribution is 0.124. The highest BCUT2D eigenvalue weighted by molar-refractivity contribution is 9.10. The van der Waals surface area contributed by atoms with Gasteiger partial charge in [-0.2, -0.15) is 5.10 Å². The molecule has 1 N–H and O–H groups in total. The Hall–Kier alpha value is -2.31. The molecule has 0 saturated carbocycles. The zero-order valence-electron chi connectivity index (χ0n) is 15.8. The van der Waals surface area contributed by atoms with Crippen LogP contribution in [-0.2, 0) is 0 Å². The van der Waals surface area contributed by atoms with Gasteiger partial charge in [0.05, 0.1) is 30.1 Å². The molecule has 0 radical (unpaired) electrons. The second-order valence-electron chi connectivity index (χ2n) is 6.37. The number of methoxy groups -OCH3 is 2. The average Bonchev–Trinajstić information content (AvgIpc) is 2.95. The number of hydrogen-bond acceptors (Lipinski definition) is 4. The first kappa shape index (κ1) is 19.5. The van der Waals surface area contributed by atoms with Crippen LogP contribution in [0.1, 0.15) is 34.7 Å². The number of hydrogen-bond donors (Lipinski definition) is 1. The van der Waals surface area contributed by atoms with E-state index in [1.807, 2.05) is 67.1 Å². The second kappa shape index (κ2) is 8.15. The van der Waals surface area contributed by atoms with Crippen molar-refractivity contribution in [1.29, 1.82) is 0 Å². The zero-order valence-corrected chi connectivity index (χ0v) is 17.4. The maximum Gasteiger partial charge on any atom is 0.119 e. The van der Waals surface area contributed by atoms with Crippen molar-refractivity contribution in [3.63, 3.8) is 0 Å². The largest absolute Gasteiger partial charge is 0.497 e. The zero-order chi connectivity index (χ0) is 19.6. The highest BCUT2D eigenvalue weighted by Crippen LogP contribution is 2.37. The number of benzene rings is 2. The van der Waals surface area contributed by atoms with E-state index in [4.69, 9.17) is 9.47 Å². The number of aromatic nitrogens is 2. The van der Waals surface area contributed by atoms with Gasteiger partial charge in [-0.1, -0.05) is 24.3 Å². The number of rotatable bonds is 6. The molecule has 0 amide bonds. The number of nitrogens with zero attached hydrogens (tertiary/aromatic N) is 2. The molecule has 27 heavy (non-hydrogen) atoms. The molecule has 0 aliphatic heterocycles. The van der Waals surface area contributed by atoms with E-state index in [-0.39, 0.29) is 0 Å². The summed E-state index contributed by atoms with van der Waals surface area (Å²) in [6.07, 6.45) is -0.822. The second-order valence-corrected chi connectivity index (χ2v) is 7.17. The minimum atomic E-state index is -0.822. The van der Waals surface area contributed by atoms with E-state index in [1.54, 1.807) is 14.2 Å². The Bertz CT molecular complexity index is 939. The van der Waals surface area contributed by atoms with E-state index in [0.717, 1.165) is 32.7 Å². The number of aliphatic hydroxyl groups is 1. The molecular formula is C21H23BrN2O3. The van der Waals surface area contributed by atoms with Crippen LogP contribution >= 0.6 is 15.9 Å². The summed E-state index contributed by atoms with van der Waals surface area (Å²) in [5.74, 6) is 1.43. The third-order valence-corrected chi connectivity index (χ3v) is 5.82. The van der Waals surface area contributed by atoms with Crippen LogP contribution in [0.4, 0.5) is 0 Å². The van der Waals surface area contributed by atoms with E-state index >= 15 is 0 Å². The number of ether oxygens (including phenoxy) is 2. The Labute approximate surface area is 167 Å². The molecule has 142 valence electrons. The summed E-state index contributed by atoms with van der Waals surface area (Å²) in [5.41, 5.74) is 3.48. The van der Waals surface area contributed by atoms with Crippen LogP contribution in [0.15, 0.2) is 53.0 Å². The number of aliphatic hydroxyl groups excluding tert-OH is 1. The van der Waals surface area contributed by atoms with Gasteiger partial charge in [-0.05, 0) is 65.2 Å². The molecule has 0 fully saturated rings. The SMILES string of the molecule is COc1cccc([C@@H](O)[C@@H](c2cccc(OC)c2)n2nc(C)c(Br)c2C)c1. The third kappa shape index (κ3) is 3.87. The molecule has 0 saturated heterocycles. The Morgan fingerprint density at radius 2 is 1.52 bits per heavy atom. The van der Waals surface area contributed by atoms with Gasteiger partial charge in [-0.25, -0.2) is 0 Å². The highest BCUT2D eigenvalue weighted by atomic mass is 79.9. The van der Waals surface area contributed by atoms with Crippen LogP contribution in [0.2, 0.25) is 0 Å². The van der Waals surface area contributed by atoms with Crippen molar-refractivity contribution in [2.45, 2.75) is 26.0 Å². The van der Waals surface area contributed by atoms with Gasteiger partial charge in [0.1, 0.15) is 23.6 Å². The van der Waals surface area contributed by atoms with Gasteiger partial charge >= 0.3 is 0 Å². The molecule has 1 aromatic heterocycles. The lowest BCUT2D eigenvalue weighted by atomic mass is 9.95. The van der Waals surface area contributed by atoms with Crippen LogP contribution in [0, 0.1) is 13.8 Å². The predicted molar refractivity (Wildman–Crippen MR) is 108 cm³/mol. The van der Waals surface area contributed by atoms with Crippen LogP contribution < -0.4 is 9.47 Å². The molecule has 6 heteroatoms. The first-order valence-electron chi connectivity index (χ1n) is 8.63. The van der Waals surface area contributed by atoms with Gasteiger partial charge < -0.3 is 14.6 Å². The smallest absolute Gasteiger partial charge is 0.119 e. The van der Waals surface area contributed by atoms with Crippen molar-refractivity contribution < 1.29 is 14.6 Å². The number of aryl methyl sites for hydroxylation is 1. The topological polar surface area (TPSA) is 56.5 Å². The normalized spacial score (nSPS) is 13.3. The monoisotopic (exact) mass is 430 g/mol. The lowest BCUT2D eigenvalue weighted by Gasteiger charge is -2.26. The minimum absolute atomic E-state index is 0.419. The fraction of sp³-hybridized carbons (Fsp3) is 0.286. The van der Waals surface area contributed by atoms with Crippen molar-refractivity contribution in [2.24, 2.45) is 0 Å². The average molecular weight is 431 g/mol. The lowest BCUT2D eigenvalue weighted by Crippen LogP contribution is -2.21. The van der Waals surface area contributed by atoms with Crippen molar-refractivity contribution >= 4 is 15.9 Å². The fourth-order valence-electron chi connectivity index (χ4n) is 3.20. The van der Waals surface area contributed by atoms with Gasteiger partial charge in [0.15, 0.2) is 0 Å². The molecule has 3 rings (SSSR count). The highest BCUT2D eigenvalue weighted by Gasteiger charge is 2.28. The summed E-state index contributed by atoms with van der Waals surface area (Å²) < 4.78 is 13.5. The number of halogens is 1. The van der Waals surface area contributed by atoms with Gasteiger partial charge in [-0.15, -0.1) is 0 Å². The van der Waals surface area contributed by atoms with E-state index in [0.29, 0.717) is 5.75 Å². The summed E-state index contributed by atoms with van der Waals surface area (Å²) >= 11 is 3.59. The summed E-state index contributed by atoms with van der Waals surface area (Å²) in [7, 11) is 3.25. The van der Waals surface area contributed by atoms with Gasteiger partial charge in [-0.3, -0.25) is 4.68 Å². The Morgan fingerprint density at radius 3 is 2.04 bits per heavy atom. The van der Waals surface area contributed by atoms with E-state index < -0.39 is 12.1 Å². The Kier molecular flexibility index (Phi) is 5.87. The standard InChI is InChI=1S/C21H23BrN2O3/c1-13-19(22)14(2)24(23-13)20(15-7-5-9-17(11-15)26-3)21(25)16-8-6-10-18(12-16)27-4/h5-12,20-21,25H,1-4H3/t20-,21-/m1/s1. The summed E-state index contributed by atoms with van der Waals surface area (Å²) in [6, 6.07) is 14.8. The first-order chi connectivity index (χ1) is 13.0. The predicted octanol–water partition coefficient (Wildman–Crippen LogP) is 4.60. The molecule has 0 unspecified atom stereocenters. The van der Waals surface area contributed by atoms with E-state index in [2.05, 4.69) is 21.0 Å².